The number of piperazine rings is 1. The minimum Gasteiger partial charge on any atom is -0.369 e. The Kier molecular flexibility index (Phi) is 4.30. The SMILES string of the molecule is NCCNc1cc(N2CCN(C=O)CC2)ncn1. The van der Waals surface area contributed by atoms with Gasteiger partial charge in [0, 0.05) is 45.3 Å². The lowest BCUT2D eigenvalue weighted by Crippen LogP contribution is -2.46. The summed E-state index contributed by atoms with van der Waals surface area (Å²) in [5, 5.41) is 3.12. The second-order valence-corrected chi connectivity index (χ2v) is 4.11. The lowest BCUT2D eigenvalue weighted by Gasteiger charge is -2.33. The normalized spacial score (nSPS) is 15.6. The van der Waals surface area contributed by atoms with E-state index in [0.717, 1.165) is 44.2 Å². The monoisotopic (exact) mass is 250 g/mol. The molecule has 0 atom stereocenters. The van der Waals surface area contributed by atoms with Crippen LogP contribution in [-0.4, -0.2) is 60.5 Å². The highest BCUT2D eigenvalue weighted by Gasteiger charge is 2.16. The maximum absolute atomic E-state index is 10.6. The van der Waals surface area contributed by atoms with Crippen molar-refractivity contribution in [3.63, 3.8) is 0 Å². The molecule has 0 saturated carbocycles. The summed E-state index contributed by atoms with van der Waals surface area (Å²) in [6.07, 6.45) is 2.44. The van der Waals surface area contributed by atoms with Gasteiger partial charge in [-0.2, -0.15) is 0 Å². The highest BCUT2D eigenvalue weighted by molar-refractivity contribution is 5.51. The van der Waals surface area contributed by atoms with E-state index in [2.05, 4.69) is 20.2 Å². The molecule has 2 heterocycles. The van der Waals surface area contributed by atoms with Crippen molar-refractivity contribution < 1.29 is 4.79 Å². The molecule has 0 aliphatic carbocycles. The van der Waals surface area contributed by atoms with Crippen LogP contribution in [0.5, 0.6) is 0 Å². The molecule has 0 bridgehead atoms. The smallest absolute Gasteiger partial charge is 0.209 e. The van der Waals surface area contributed by atoms with Crippen molar-refractivity contribution in [1.29, 1.82) is 0 Å². The molecule has 1 aliphatic heterocycles. The lowest BCUT2D eigenvalue weighted by molar-refractivity contribution is -0.118. The largest absolute Gasteiger partial charge is 0.369 e. The minimum absolute atomic E-state index is 0.567. The summed E-state index contributed by atoms with van der Waals surface area (Å²) in [7, 11) is 0. The van der Waals surface area contributed by atoms with Crippen molar-refractivity contribution in [2.45, 2.75) is 0 Å². The van der Waals surface area contributed by atoms with Crippen LogP contribution in [-0.2, 0) is 4.79 Å². The molecule has 7 nitrogen and oxygen atoms in total. The van der Waals surface area contributed by atoms with Gasteiger partial charge in [-0.05, 0) is 0 Å². The number of amides is 1. The third kappa shape index (κ3) is 3.07. The van der Waals surface area contributed by atoms with Crippen LogP contribution in [0.15, 0.2) is 12.4 Å². The van der Waals surface area contributed by atoms with Crippen LogP contribution < -0.4 is 16.0 Å². The Morgan fingerprint density at radius 2 is 2.11 bits per heavy atom. The fourth-order valence-electron chi connectivity index (χ4n) is 1.87. The Morgan fingerprint density at radius 1 is 1.33 bits per heavy atom. The highest BCUT2D eigenvalue weighted by atomic mass is 16.1. The molecule has 1 fully saturated rings. The number of nitrogens with zero attached hydrogens (tertiary/aromatic N) is 4. The first-order valence-corrected chi connectivity index (χ1v) is 6.04. The first-order valence-electron chi connectivity index (χ1n) is 6.04. The summed E-state index contributed by atoms with van der Waals surface area (Å²) in [5.74, 6) is 1.67. The number of anilines is 2. The van der Waals surface area contributed by atoms with Crippen molar-refractivity contribution in [3.8, 4) is 0 Å². The quantitative estimate of drug-likeness (QED) is 0.660. The second kappa shape index (κ2) is 6.15. The van der Waals surface area contributed by atoms with Gasteiger partial charge in [-0.3, -0.25) is 4.79 Å². The number of carbonyl (C=O) groups excluding carboxylic acids is 1. The van der Waals surface area contributed by atoms with Gasteiger partial charge in [0.15, 0.2) is 0 Å². The van der Waals surface area contributed by atoms with Gasteiger partial charge in [0.2, 0.25) is 6.41 Å². The van der Waals surface area contributed by atoms with Crippen LogP contribution in [0.3, 0.4) is 0 Å². The fourth-order valence-corrected chi connectivity index (χ4v) is 1.87. The molecular weight excluding hydrogens is 232 g/mol. The number of carbonyl (C=O) groups is 1. The Labute approximate surface area is 106 Å². The van der Waals surface area contributed by atoms with E-state index >= 15 is 0 Å². The van der Waals surface area contributed by atoms with E-state index in [-0.39, 0.29) is 0 Å². The van der Waals surface area contributed by atoms with Gasteiger partial charge in [0.1, 0.15) is 18.0 Å². The lowest BCUT2D eigenvalue weighted by atomic mass is 10.3. The van der Waals surface area contributed by atoms with Gasteiger partial charge < -0.3 is 20.9 Å². The average molecular weight is 250 g/mol. The predicted molar refractivity (Wildman–Crippen MR) is 69.4 cm³/mol. The van der Waals surface area contributed by atoms with Crippen molar-refractivity contribution in [1.82, 2.24) is 14.9 Å². The minimum atomic E-state index is 0.567. The fraction of sp³-hybridized carbons (Fsp3) is 0.545. The first-order chi connectivity index (χ1) is 8.83. The molecule has 3 N–H and O–H groups in total. The summed E-state index contributed by atoms with van der Waals surface area (Å²) in [6.45, 7) is 4.32. The molecule has 0 aromatic carbocycles. The highest BCUT2D eigenvalue weighted by Crippen LogP contribution is 2.15. The third-order valence-electron chi connectivity index (χ3n) is 2.89. The molecule has 1 aliphatic rings. The van der Waals surface area contributed by atoms with Crippen LogP contribution in [0.1, 0.15) is 0 Å². The van der Waals surface area contributed by atoms with Crippen LogP contribution in [0.4, 0.5) is 11.6 Å². The number of nitrogens with one attached hydrogen (secondary N) is 1. The van der Waals surface area contributed by atoms with Gasteiger partial charge in [-0.25, -0.2) is 9.97 Å². The van der Waals surface area contributed by atoms with E-state index in [1.165, 1.54) is 0 Å². The molecule has 1 aromatic rings. The van der Waals surface area contributed by atoms with Crippen molar-refractivity contribution in [3.05, 3.63) is 12.4 Å². The molecule has 7 heteroatoms. The summed E-state index contributed by atoms with van der Waals surface area (Å²) >= 11 is 0. The van der Waals surface area contributed by atoms with Crippen LogP contribution in [0.2, 0.25) is 0 Å². The third-order valence-corrected chi connectivity index (χ3v) is 2.89. The van der Waals surface area contributed by atoms with Gasteiger partial charge in [0.05, 0.1) is 0 Å². The number of nitrogens with two attached hydrogens (primary N) is 1. The molecule has 0 radical (unpaired) electrons. The molecule has 98 valence electrons. The zero-order valence-electron chi connectivity index (χ0n) is 10.2. The van der Waals surface area contributed by atoms with Crippen LogP contribution >= 0.6 is 0 Å². The zero-order valence-corrected chi connectivity index (χ0v) is 10.2. The maximum atomic E-state index is 10.6. The zero-order chi connectivity index (χ0) is 12.8. The molecule has 1 saturated heterocycles. The van der Waals surface area contributed by atoms with Crippen molar-refractivity contribution in [2.75, 3.05) is 49.5 Å². The van der Waals surface area contributed by atoms with E-state index in [0.29, 0.717) is 13.1 Å². The average Bonchev–Trinajstić information content (AvgIpc) is 2.45. The maximum Gasteiger partial charge on any atom is 0.209 e. The molecule has 18 heavy (non-hydrogen) atoms. The van der Waals surface area contributed by atoms with Gasteiger partial charge >= 0.3 is 0 Å². The number of rotatable bonds is 5. The Hall–Kier alpha value is -1.89. The predicted octanol–water partition coefficient (Wildman–Crippen LogP) is -0.874. The Bertz CT molecular complexity index is 391. The molecule has 2 rings (SSSR count). The van der Waals surface area contributed by atoms with E-state index in [1.54, 1.807) is 11.2 Å². The van der Waals surface area contributed by atoms with E-state index in [9.17, 15) is 4.79 Å². The van der Waals surface area contributed by atoms with Crippen LogP contribution in [0.25, 0.3) is 0 Å². The Balaban J connectivity index is 1.98. The van der Waals surface area contributed by atoms with Gasteiger partial charge in [0.25, 0.3) is 0 Å². The van der Waals surface area contributed by atoms with Gasteiger partial charge in [-0.15, -0.1) is 0 Å². The molecular formula is C11H18N6O. The first kappa shape index (κ1) is 12.6. The van der Waals surface area contributed by atoms with Gasteiger partial charge in [-0.1, -0.05) is 0 Å². The number of hydrogen-bond donors (Lipinski definition) is 2. The summed E-state index contributed by atoms with van der Waals surface area (Å²) in [6, 6.07) is 1.91. The molecule has 0 spiro atoms. The molecule has 1 aromatic heterocycles. The topological polar surface area (TPSA) is 87.4 Å². The van der Waals surface area contributed by atoms with E-state index in [1.807, 2.05) is 6.07 Å². The summed E-state index contributed by atoms with van der Waals surface area (Å²) in [4.78, 5) is 22.9. The van der Waals surface area contributed by atoms with Crippen molar-refractivity contribution in [2.24, 2.45) is 5.73 Å². The Morgan fingerprint density at radius 3 is 2.78 bits per heavy atom. The summed E-state index contributed by atoms with van der Waals surface area (Å²) < 4.78 is 0. The van der Waals surface area contributed by atoms with E-state index in [4.69, 9.17) is 5.73 Å². The number of hydrogen-bond acceptors (Lipinski definition) is 6. The van der Waals surface area contributed by atoms with Crippen molar-refractivity contribution >= 4 is 18.0 Å². The van der Waals surface area contributed by atoms with E-state index < -0.39 is 0 Å². The standard InChI is InChI=1S/C11H18N6O/c12-1-2-13-10-7-11(15-8-14-10)17-5-3-16(9-18)4-6-17/h7-9H,1-6,12H2,(H,13,14,15). The molecule has 0 unspecified atom stereocenters. The molecule has 1 amide bonds. The summed E-state index contributed by atoms with van der Waals surface area (Å²) in [5.41, 5.74) is 5.43. The van der Waals surface area contributed by atoms with Crippen LogP contribution in [0, 0.1) is 0 Å². The number of aromatic nitrogens is 2. The second-order valence-electron chi connectivity index (χ2n) is 4.11.